The Labute approximate surface area is 126 Å². The van der Waals surface area contributed by atoms with Crippen molar-refractivity contribution in [2.45, 2.75) is 26.0 Å². The minimum absolute atomic E-state index is 0.0668. The molecule has 0 radical (unpaired) electrons. The largest absolute Gasteiger partial charge is 0.489 e. The van der Waals surface area contributed by atoms with Crippen LogP contribution in [0, 0.1) is 5.82 Å². The summed E-state index contributed by atoms with van der Waals surface area (Å²) in [5, 5.41) is 0. The summed E-state index contributed by atoms with van der Waals surface area (Å²) in [6, 6.07) is 12.7. The van der Waals surface area contributed by atoms with Crippen LogP contribution < -0.4 is 10.5 Å². The van der Waals surface area contributed by atoms with Crippen LogP contribution in [0.1, 0.15) is 30.5 Å². The van der Waals surface area contributed by atoms with E-state index in [1.165, 1.54) is 6.07 Å². The van der Waals surface area contributed by atoms with Crippen molar-refractivity contribution < 1.29 is 9.13 Å². The second kappa shape index (κ2) is 6.86. The molecule has 2 aromatic carbocycles. The third kappa shape index (κ3) is 3.81. The highest BCUT2D eigenvalue weighted by Crippen LogP contribution is 2.21. The van der Waals surface area contributed by atoms with Crippen LogP contribution in [0.3, 0.4) is 0 Å². The minimum Gasteiger partial charge on any atom is -0.489 e. The monoisotopic (exact) mass is 337 g/mol. The minimum atomic E-state index is -0.272. The van der Waals surface area contributed by atoms with Gasteiger partial charge in [-0.2, -0.15) is 0 Å². The van der Waals surface area contributed by atoms with Crippen molar-refractivity contribution in [3.63, 3.8) is 0 Å². The number of hydrogen-bond donors (Lipinski definition) is 1. The van der Waals surface area contributed by atoms with Crippen LogP contribution in [0.15, 0.2) is 46.9 Å². The van der Waals surface area contributed by atoms with Crippen LogP contribution in [-0.4, -0.2) is 0 Å². The van der Waals surface area contributed by atoms with Gasteiger partial charge in [0, 0.05) is 6.04 Å². The standard InChI is InChI=1S/C16H17BrFNO/c1-2-16(19)12-4-6-13(7-5-12)20-10-11-3-8-15(18)14(17)9-11/h3-9,16H,2,10,19H2,1H3/t16-/m0/s1. The number of rotatable bonds is 5. The van der Waals surface area contributed by atoms with Gasteiger partial charge in [-0.05, 0) is 57.7 Å². The van der Waals surface area contributed by atoms with E-state index in [4.69, 9.17) is 10.5 Å². The quantitative estimate of drug-likeness (QED) is 0.866. The summed E-state index contributed by atoms with van der Waals surface area (Å²) in [4.78, 5) is 0. The van der Waals surface area contributed by atoms with Crippen molar-refractivity contribution in [1.82, 2.24) is 0 Å². The summed E-state index contributed by atoms with van der Waals surface area (Å²) >= 11 is 3.16. The van der Waals surface area contributed by atoms with Gasteiger partial charge in [-0.3, -0.25) is 0 Å². The molecule has 0 aromatic heterocycles. The molecule has 2 nitrogen and oxygen atoms in total. The van der Waals surface area contributed by atoms with E-state index in [0.29, 0.717) is 11.1 Å². The van der Waals surface area contributed by atoms with E-state index in [9.17, 15) is 4.39 Å². The smallest absolute Gasteiger partial charge is 0.137 e. The van der Waals surface area contributed by atoms with Gasteiger partial charge in [-0.15, -0.1) is 0 Å². The van der Waals surface area contributed by atoms with Gasteiger partial charge in [0.2, 0.25) is 0 Å². The molecule has 0 aliphatic rings. The van der Waals surface area contributed by atoms with E-state index in [-0.39, 0.29) is 11.9 Å². The molecule has 0 spiro atoms. The first kappa shape index (κ1) is 15.0. The average Bonchev–Trinajstić information content (AvgIpc) is 2.48. The van der Waals surface area contributed by atoms with Crippen molar-refractivity contribution in [2.24, 2.45) is 5.73 Å². The van der Waals surface area contributed by atoms with Crippen molar-refractivity contribution >= 4 is 15.9 Å². The molecule has 2 aromatic rings. The lowest BCUT2D eigenvalue weighted by molar-refractivity contribution is 0.306. The summed E-state index contributed by atoms with van der Waals surface area (Å²) < 4.78 is 19.2. The maximum atomic E-state index is 13.1. The molecule has 0 unspecified atom stereocenters. The van der Waals surface area contributed by atoms with E-state index >= 15 is 0 Å². The maximum absolute atomic E-state index is 13.1. The Morgan fingerprint density at radius 3 is 2.50 bits per heavy atom. The summed E-state index contributed by atoms with van der Waals surface area (Å²) in [7, 11) is 0. The summed E-state index contributed by atoms with van der Waals surface area (Å²) in [5.41, 5.74) is 7.97. The van der Waals surface area contributed by atoms with Gasteiger partial charge < -0.3 is 10.5 Å². The van der Waals surface area contributed by atoms with E-state index < -0.39 is 0 Å². The second-order valence-electron chi connectivity index (χ2n) is 4.62. The van der Waals surface area contributed by atoms with Crippen LogP contribution in [0.25, 0.3) is 0 Å². The summed E-state index contributed by atoms with van der Waals surface area (Å²) in [5.74, 6) is 0.504. The van der Waals surface area contributed by atoms with Crippen LogP contribution in [0.2, 0.25) is 0 Å². The third-order valence-corrected chi connectivity index (χ3v) is 3.75. The highest BCUT2D eigenvalue weighted by molar-refractivity contribution is 9.10. The molecule has 0 saturated heterocycles. The van der Waals surface area contributed by atoms with Gasteiger partial charge in [0.1, 0.15) is 18.2 Å². The Morgan fingerprint density at radius 2 is 1.90 bits per heavy atom. The lowest BCUT2D eigenvalue weighted by atomic mass is 10.1. The van der Waals surface area contributed by atoms with Gasteiger partial charge in [-0.25, -0.2) is 4.39 Å². The lowest BCUT2D eigenvalue weighted by Gasteiger charge is -2.11. The van der Waals surface area contributed by atoms with Crippen LogP contribution >= 0.6 is 15.9 Å². The maximum Gasteiger partial charge on any atom is 0.137 e. The highest BCUT2D eigenvalue weighted by Gasteiger charge is 2.04. The molecule has 0 aliphatic carbocycles. The van der Waals surface area contributed by atoms with Gasteiger partial charge in [0.25, 0.3) is 0 Å². The van der Waals surface area contributed by atoms with Crippen molar-refractivity contribution in [2.75, 3.05) is 0 Å². The molecule has 2 N–H and O–H groups in total. The highest BCUT2D eigenvalue weighted by atomic mass is 79.9. The molecule has 0 heterocycles. The molecule has 0 aliphatic heterocycles. The first-order valence-corrected chi connectivity index (χ1v) is 7.31. The van der Waals surface area contributed by atoms with E-state index in [1.807, 2.05) is 24.3 Å². The first-order chi connectivity index (χ1) is 9.60. The SMILES string of the molecule is CC[C@H](N)c1ccc(OCc2ccc(F)c(Br)c2)cc1. The lowest BCUT2D eigenvalue weighted by Crippen LogP contribution is -2.08. The number of benzene rings is 2. The molecular weight excluding hydrogens is 321 g/mol. The van der Waals surface area contributed by atoms with E-state index in [2.05, 4.69) is 22.9 Å². The van der Waals surface area contributed by atoms with Crippen LogP contribution in [0.5, 0.6) is 5.75 Å². The molecule has 0 saturated carbocycles. The van der Waals surface area contributed by atoms with Gasteiger partial charge >= 0.3 is 0 Å². The predicted octanol–water partition coefficient (Wildman–Crippen LogP) is 4.58. The molecule has 0 fully saturated rings. The molecule has 1 atom stereocenters. The summed E-state index contributed by atoms with van der Waals surface area (Å²) in [6.45, 7) is 2.46. The van der Waals surface area contributed by atoms with Gasteiger partial charge in [-0.1, -0.05) is 25.1 Å². The number of nitrogens with two attached hydrogens (primary N) is 1. The van der Waals surface area contributed by atoms with Gasteiger partial charge in [0.05, 0.1) is 4.47 Å². The third-order valence-electron chi connectivity index (χ3n) is 3.14. The zero-order chi connectivity index (χ0) is 14.5. The average molecular weight is 338 g/mol. The molecule has 106 valence electrons. The van der Waals surface area contributed by atoms with Crippen molar-refractivity contribution in [3.05, 3.63) is 63.9 Å². The zero-order valence-electron chi connectivity index (χ0n) is 11.3. The van der Waals surface area contributed by atoms with Crippen LogP contribution in [-0.2, 0) is 6.61 Å². The fourth-order valence-corrected chi connectivity index (χ4v) is 2.27. The normalized spacial score (nSPS) is 12.2. The molecule has 4 heteroatoms. The molecule has 0 amide bonds. The van der Waals surface area contributed by atoms with E-state index in [1.54, 1.807) is 12.1 Å². The fraction of sp³-hybridized carbons (Fsp3) is 0.250. The molecular formula is C16H17BrFNO. The van der Waals surface area contributed by atoms with Crippen molar-refractivity contribution in [3.8, 4) is 5.75 Å². The Kier molecular flexibility index (Phi) is 5.15. The Balaban J connectivity index is 1.98. The molecule has 2 rings (SSSR count). The van der Waals surface area contributed by atoms with Crippen molar-refractivity contribution in [1.29, 1.82) is 0 Å². The predicted molar refractivity (Wildman–Crippen MR) is 82.1 cm³/mol. The molecule has 20 heavy (non-hydrogen) atoms. The number of ether oxygens (including phenoxy) is 1. The van der Waals surface area contributed by atoms with Gasteiger partial charge in [0.15, 0.2) is 0 Å². The van der Waals surface area contributed by atoms with E-state index in [0.717, 1.165) is 23.3 Å². The second-order valence-corrected chi connectivity index (χ2v) is 5.48. The Hall–Kier alpha value is -1.39. The van der Waals surface area contributed by atoms with Crippen LogP contribution in [0.4, 0.5) is 4.39 Å². The Bertz CT molecular complexity index is 571. The fourth-order valence-electron chi connectivity index (χ4n) is 1.84. The first-order valence-electron chi connectivity index (χ1n) is 6.52. The topological polar surface area (TPSA) is 35.2 Å². The number of hydrogen-bond acceptors (Lipinski definition) is 2. The Morgan fingerprint density at radius 1 is 1.20 bits per heavy atom. The summed E-state index contributed by atoms with van der Waals surface area (Å²) in [6.07, 6.45) is 0.907. The zero-order valence-corrected chi connectivity index (χ0v) is 12.9. The molecule has 0 bridgehead atoms. The number of halogens is 2.